The van der Waals surface area contributed by atoms with E-state index in [4.69, 9.17) is 11.5 Å². The van der Waals surface area contributed by atoms with Gasteiger partial charge in [0, 0.05) is 24.5 Å². The van der Waals surface area contributed by atoms with Crippen LogP contribution in [0.1, 0.15) is 28.4 Å². The molecule has 8 heteroatoms. The van der Waals surface area contributed by atoms with Gasteiger partial charge in [0.25, 0.3) is 5.91 Å². The van der Waals surface area contributed by atoms with Gasteiger partial charge >= 0.3 is 0 Å². The summed E-state index contributed by atoms with van der Waals surface area (Å²) in [5, 5.41) is 3.87. The Kier molecular flexibility index (Phi) is 6.58. The highest BCUT2D eigenvalue weighted by Gasteiger charge is 2.21. The Hall–Kier alpha value is -4.20. The first kappa shape index (κ1) is 23.0. The molecule has 1 amide bonds. The van der Waals surface area contributed by atoms with E-state index in [1.165, 1.54) is 41.6 Å². The van der Waals surface area contributed by atoms with Crippen molar-refractivity contribution in [2.24, 2.45) is 5.73 Å². The fourth-order valence-electron chi connectivity index (χ4n) is 4.13. The van der Waals surface area contributed by atoms with Crippen molar-refractivity contribution in [3.63, 3.8) is 0 Å². The molecule has 0 fully saturated rings. The second-order valence-electron chi connectivity index (χ2n) is 8.19. The monoisotopic (exact) mass is 459 g/mol. The minimum Gasteiger partial charge on any atom is -0.399 e. The summed E-state index contributed by atoms with van der Waals surface area (Å²) in [5.41, 5.74) is 14.9. The number of primary amides is 1. The summed E-state index contributed by atoms with van der Waals surface area (Å²) in [4.78, 5) is 28.7. The number of aryl methyl sites for hydroxylation is 1. The Balaban J connectivity index is 0.000000291. The number of halogens is 1. The number of hydrogen-bond donors (Lipinski definition) is 3. The molecular formula is C26H26FN5O2. The van der Waals surface area contributed by atoms with Gasteiger partial charge < -0.3 is 21.4 Å². The maximum Gasteiger partial charge on any atom is 0.254 e. The van der Waals surface area contributed by atoms with Crippen LogP contribution in [0.3, 0.4) is 0 Å². The number of pyridine rings is 2. The molecule has 0 spiro atoms. The number of carbonyl (C=O) groups excluding carboxylic acids is 1. The van der Waals surface area contributed by atoms with Crippen molar-refractivity contribution in [2.75, 3.05) is 11.1 Å². The van der Waals surface area contributed by atoms with Crippen molar-refractivity contribution in [3.8, 4) is 0 Å². The first-order valence-corrected chi connectivity index (χ1v) is 11.0. The van der Waals surface area contributed by atoms with Crippen LogP contribution in [0.4, 0.5) is 15.8 Å². The second-order valence-corrected chi connectivity index (χ2v) is 8.19. The minimum absolute atomic E-state index is 0.00780. The maximum atomic E-state index is 12.6. The zero-order valence-corrected chi connectivity index (χ0v) is 18.8. The first-order chi connectivity index (χ1) is 16.4. The quantitative estimate of drug-likeness (QED) is 0.404. The Morgan fingerprint density at radius 3 is 2.35 bits per heavy atom. The summed E-state index contributed by atoms with van der Waals surface area (Å²) >= 11 is 0. The fraction of sp³-hybridized carbons (Fsp3) is 0.192. The number of nitrogens with zero attached hydrogens (tertiary/aromatic N) is 2. The molecule has 5 rings (SSSR count). The molecule has 1 aliphatic carbocycles. The molecule has 0 bridgehead atoms. The van der Waals surface area contributed by atoms with Crippen LogP contribution >= 0.6 is 0 Å². The molecule has 0 atom stereocenters. The SMILES string of the molecule is CCn1cc(C(N)=O)c(=O)c2cc(NC3Cc4ccccc4C3)cnc21.Nc1ccc(F)cc1. The lowest BCUT2D eigenvalue weighted by atomic mass is 10.1. The second kappa shape index (κ2) is 9.74. The standard InChI is InChI=1S/C20H20N4O2.C6H6FN/c1-2-24-11-17(19(21)26)18(25)16-9-15(10-22-20(16)24)23-14-7-12-5-3-4-6-13(12)8-14;7-5-1-3-6(8)4-2-5/h3-6,9-11,14,23H,2,7-8H2,1H3,(H2,21,26);1-4H,8H2. The third kappa shape index (κ3) is 4.91. The number of benzene rings is 2. The van der Waals surface area contributed by atoms with E-state index in [-0.39, 0.29) is 22.9 Å². The Labute approximate surface area is 196 Å². The van der Waals surface area contributed by atoms with Crippen molar-refractivity contribution < 1.29 is 9.18 Å². The number of fused-ring (bicyclic) bond motifs is 2. The number of nitrogens with two attached hydrogens (primary N) is 2. The highest BCUT2D eigenvalue weighted by molar-refractivity contribution is 5.96. The number of anilines is 2. The number of aromatic nitrogens is 2. The zero-order valence-electron chi connectivity index (χ0n) is 18.8. The third-order valence-corrected chi connectivity index (χ3v) is 5.81. The molecule has 2 aromatic carbocycles. The summed E-state index contributed by atoms with van der Waals surface area (Å²) in [7, 11) is 0. The van der Waals surface area contributed by atoms with Gasteiger partial charge in [0.05, 0.1) is 17.3 Å². The van der Waals surface area contributed by atoms with Gasteiger partial charge in [0.2, 0.25) is 5.43 Å². The van der Waals surface area contributed by atoms with Crippen molar-refractivity contribution >= 4 is 28.3 Å². The lowest BCUT2D eigenvalue weighted by molar-refractivity contribution is 0.0998. The van der Waals surface area contributed by atoms with Gasteiger partial charge in [-0.1, -0.05) is 24.3 Å². The number of amides is 1. The summed E-state index contributed by atoms with van der Waals surface area (Å²) in [6, 6.07) is 16.1. The topological polar surface area (TPSA) is 116 Å². The number of nitrogen functional groups attached to an aromatic ring is 1. The van der Waals surface area contributed by atoms with Crippen LogP contribution < -0.4 is 22.2 Å². The van der Waals surface area contributed by atoms with Crippen molar-refractivity contribution in [1.82, 2.24) is 9.55 Å². The van der Waals surface area contributed by atoms with Crippen LogP contribution in [-0.2, 0) is 19.4 Å². The predicted octanol–water partition coefficient (Wildman–Crippen LogP) is 3.50. The van der Waals surface area contributed by atoms with Crippen molar-refractivity contribution in [2.45, 2.75) is 32.4 Å². The molecule has 2 aromatic heterocycles. The molecule has 1 aliphatic rings. The lowest BCUT2D eigenvalue weighted by Gasteiger charge is -2.15. The van der Waals surface area contributed by atoms with Crippen LogP contribution in [0.2, 0.25) is 0 Å². The van der Waals surface area contributed by atoms with Crippen LogP contribution in [0, 0.1) is 5.82 Å². The van der Waals surface area contributed by atoms with Gasteiger partial charge in [-0.05, 0) is 61.2 Å². The zero-order chi connectivity index (χ0) is 24.2. The molecule has 0 saturated carbocycles. The largest absolute Gasteiger partial charge is 0.399 e. The van der Waals surface area contributed by atoms with E-state index in [9.17, 15) is 14.0 Å². The van der Waals surface area contributed by atoms with E-state index in [1.807, 2.05) is 6.92 Å². The van der Waals surface area contributed by atoms with Crippen molar-refractivity contribution in [3.05, 3.63) is 99.7 Å². The normalized spacial score (nSPS) is 12.6. The van der Waals surface area contributed by atoms with Crippen LogP contribution in [-0.4, -0.2) is 21.5 Å². The molecule has 0 radical (unpaired) electrons. The number of hydrogen-bond acceptors (Lipinski definition) is 5. The smallest absolute Gasteiger partial charge is 0.254 e. The molecule has 2 heterocycles. The molecular weight excluding hydrogens is 433 g/mol. The number of rotatable bonds is 4. The van der Waals surface area contributed by atoms with Gasteiger partial charge in [-0.3, -0.25) is 9.59 Å². The average Bonchev–Trinajstić information content (AvgIpc) is 3.24. The van der Waals surface area contributed by atoms with Crippen molar-refractivity contribution in [1.29, 1.82) is 0 Å². The van der Waals surface area contributed by atoms with E-state index in [0.29, 0.717) is 23.3 Å². The summed E-state index contributed by atoms with van der Waals surface area (Å²) in [6.07, 6.45) is 5.10. The first-order valence-electron chi connectivity index (χ1n) is 11.0. The Bertz CT molecular complexity index is 1350. The van der Waals surface area contributed by atoms with Crippen LogP contribution in [0.25, 0.3) is 11.0 Å². The highest BCUT2D eigenvalue weighted by Crippen LogP contribution is 2.25. The van der Waals surface area contributed by atoms with E-state index in [0.717, 1.165) is 18.5 Å². The van der Waals surface area contributed by atoms with Crippen LogP contribution in [0.15, 0.2) is 71.8 Å². The Morgan fingerprint density at radius 2 is 1.79 bits per heavy atom. The highest BCUT2D eigenvalue weighted by atomic mass is 19.1. The third-order valence-electron chi connectivity index (χ3n) is 5.81. The molecule has 7 nitrogen and oxygen atoms in total. The van der Waals surface area contributed by atoms with E-state index < -0.39 is 5.91 Å². The summed E-state index contributed by atoms with van der Waals surface area (Å²) in [5.74, 6) is -0.970. The summed E-state index contributed by atoms with van der Waals surface area (Å²) in [6.45, 7) is 2.52. The summed E-state index contributed by atoms with van der Waals surface area (Å²) < 4.78 is 13.8. The predicted molar refractivity (Wildman–Crippen MR) is 132 cm³/mol. The fourth-order valence-corrected chi connectivity index (χ4v) is 4.13. The number of nitrogens with one attached hydrogen (secondary N) is 1. The molecule has 5 N–H and O–H groups in total. The van der Waals surface area contributed by atoms with Gasteiger partial charge in [-0.15, -0.1) is 0 Å². The molecule has 0 aliphatic heterocycles. The molecule has 0 saturated heterocycles. The average molecular weight is 460 g/mol. The van der Waals surface area contributed by atoms with E-state index in [2.05, 4.69) is 34.6 Å². The molecule has 0 unspecified atom stereocenters. The van der Waals surface area contributed by atoms with Gasteiger partial charge in [0.1, 0.15) is 17.0 Å². The van der Waals surface area contributed by atoms with Gasteiger partial charge in [0.15, 0.2) is 0 Å². The van der Waals surface area contributed by atoms with E-state index >= 15 is 0 Å². The Morgan fingerprint density at radius 1 is 1.15 bits per heavy atom. The van der Waals surface area contributed by atoms with E-state index in [1.54, 1.807) is 16.8 Å². The number of carbonyl (C=O) groups is 1. The van der Waals surface area contributed by atoms with Crippen LogP contribution in [0.5, 0.6) is 0 Å². The van der Waals surface area contributed by atoms with Gasteiger partial charge in [-0.25, -0.2) is 9.37 Å². The molecule has 174 valence electrons. The van der Waals surface area contributed by atoms with Gasteiger partial charge in [-0.2, -0.15) is 0 Å². The maximum absolute atomic E-state index is 12.6. The minimum atomic E-state index is -0.719. The molecule has 4 aromatic rings. The molecule has 34 heavy (non-hydrogen) atoms. The lowest BCUT2D eigenvalue weighted by Crippen LogP contribution is -2.25.